The summed E-state index contributed by atoms with van der Waals surface area (Å²) in [6.45, 7) is 7.89. The monoisotopic (exact) mass is 283 g/mol. The number of ether oxygens (including phenoxy) is 1. The fourth-order valence-electron chi connectivity index (χ4n) is 3.82. The van der Waals surface area contributed by atoms with E-state index < -0.39 is 0 Å². The molecule has 2 nitrogen and oxygen atoms in total. The van der Waals surface area contributed by atoms with Gasteiger partial charge in [-0.1, -0.05) is 25.3 Å². The highest BCUT2D eigenvalue weighted by Crippen LogP contribution is 2.53. The summed E-state index contributed by atoms with van der Waals surface area (Å²) in [6, 6.07) is 0.702. The van der Waals surface area contributed by atoms with Crippen LogP contribution in [0.15, 0.2) is 12.7 Å². The highest BCUT2D eigenvalue weighted by atomic mass is 32.2. The van der Waals surface area contributed by atoms with Gasteiger partial charge in [-0.25, -0.2) is 0 Å². The summed E-state index contributed by atoms with van der Waals surface area (Å²) in [7, 11) is 0. The van der Waals surface area contributed by atoms with Crippen molar-refractivity contribution in [2.75, 3.05) is 24.7 Å². The first-order chi connectivity index (χ1) is 9.33. The molecule has 0 heterocycles. The summed E-state index contributed by atoms with van der Waals surface area (Å²) >= 11 is 1.96. The Labute approximate surface area is 122 Å². The Morgan fingerprint density at radius 2 is 2.16 bits per heavy atom. The minimum Gasteiger partial charge on any atom is -0.378 e. The first-order valence-corrected chi connectivity index (χ1v) is 9.02. The lowest BCUT2D eigenvalue weighted by atomic mass is 9.55. The summed E-state index contributed by atoms with van der Waals surface area (Å²) in [5.41, 5.74) is 0.470. The van der Waals surface area contributed by atoms with Crippen LogP contribution < -0.4 is 5.32 Å². The largest absolute Gasteiger partial charge is 0.378 e. The van der Waals surface area contributed by atoms with Crippen LogP contribution in [-0.2, 0) is 4.74 Å². The molecule has 2 aliphatic carbocycles. The Hall–Kier alpha value is 0.01000. The fourth-order valence-corrected chi connectivity index (χ4v) is 4.42. The molecule has 0 amide bonds. The van der Waals surface area contributed by atoms with Gasteiger partial charge >= 0.3 is 0 Å². The van der Waals surface area contributed by atoms with Crippen LogP contribution in [0.4, 0.5) is 0 Å². The minimum absolute atomic E-state index is 0.470. The Morgan fingerprint density at radius 1 is 1.37 bits per heavy atom. The second-order valence-corrected chi connectivity index (χ2v) is 6.99. The van der Waals surface area contributed by atoms with E-state index in [1.807, 2.05) is 17.8 Å². The van der Waals surface area contributed by atoms with Crippen LogP contribution in [0.25, 0.3) is 0 Å². The lowest BCUT2D eigenvalue weighted by molar-refractivity contribution is -0.149. The van der Waals surface area contributed by atoms with E-state index in [0.717, 1.165) is 18.9 Å². The Bertz CT molecular complexity index is 276. The summed E-state index contributed by atoms with van der Waals surface area (Å²) in [5.74, 6) is 2.26. The van der Waals surface area contributed by atoms with Crippen molar-refractivity contribution in [2.24, 2.45) is 5.41 Å². The molecule has 2 aliphatic rings. The first-order valence-electron chi connectivity index (χ1n) is 7.87. The zero-order chi connectivity index (χ0) is 13.6. The van der Waals surface area contributed by atoms with Crippen LogP contribution in [0.3, 0.4) is 0 Å². The second-order valence-electron chi connectivity index (χ2n) is 5.84. The molecule has 0 aromatic heterocycles. The summed E-state index contributed by atoms with van der Waals surface area (Å²) in [6.07, 6.45) is 10.7. The van der Waals surface area contributed by atoms with Crippen molar-refractivity contribution in [3.05, 3.63) is 12.7 Å². The molecule has 1 N–H and O–H groups in total. The molecule has 0 bridgehead atoms. The van der Waals surface area contributed by atoms with Crippen molar-refractivity contribution in [1.29, 1.82) is 0 Å². The highest BCUT2D eigenvalue weighted by molar-refractivity contribution is 7.99. The smallest absolute Gasteiger partial charge is 0.0661 e. The average molecular weight is 283 g/mol. The van der Waals surface area contributed by atoms with E-state index >= 15 is 0 Å². The number of hydrogen-bond acceptors (Lipinski definition) is 3. The van der Waals surface area contributed by atoms with Crippen LogP contribution in [0.5, 0.6) is 0 Å². The molecule has 0 saturated heterocycles. The maximum atomic E-state index is 5.99. The average Bonchev–Trinajstić information content (AvgIpc) is 2.46. The third-order valence-electron chi connectivity index (χ3n) is 4.81. The molecule has 2 atom stereocenters. The molecular weight excluding hydrogens is 254 g/mol. The van der Waals surface area contributed by atoms with Gasteiger partial charge in [0.2, 0.25) is 0 Å². The third kappa shape index (κ3) is 3.56. The molecule has 2 unspecified atom stereocenters. The van der Waals surface area contributed by atoms with Crippen molar-refractivity contribution >= 4 is 11.8 Å². The Balaban J connectivity index is 1.78. The summed E-state index contributed by atoms with van der Waals surface area (Å²) < 4.78 is 5.99. The lowest BCUT2D eigenvalue weighted by Crippen LogP contribution is -2.64. The van der Waals surface area contributed by atoms with Gasteiger partial charge in [-0.2, -0.15) is 11.8 Å². The van der Waals surface area contributed by atoms with Gasteiger partial charge in [-0.3, -0.25) is 0 Å². The third-order valence-corrected chi connectivity index (χ3v) is 5.77. The van der Waals surface area contributed by atoms with E-state index in [0.29, 0.717) is 17.6 Å². The van der Waals surface area contributed by atoms with Crippen molar-refractivity contribution in [1.82, 2.24) is 5.32 Å². The van der Waals surface area contributed by atoms with E-state index in [2.05, 4.69) is 18.8 Å². The number of thioether (sulfide) groups is 1. The van der Waals surface area contributed by atoms with Crippen molar-refractivity contribution in [3.8, 4) is 0 Å². The van der Waals surface area contributed by atoms with Crippen LogP contribution in [0, 0.1) is 5.41 Å². The van der Waals surface area contributed by atoms with Gasteiger partial charge in [-0.15, -0.1) is 6.58 Å². The molecule has 1 spiro atoms. The molecule has 0 aromatic carbocycles. The molecule has 2 saturated carbocycles. The molecule has 0 aromatic rings. The predicted octanol–water partition coefficient (Wildman–Crippen LogP) is 3.62. The van der Waals surface area contributed by atoms with Crippen LogP contribution >= 0.6 is 11.8 Å². The molecule has 2 rings (SSSR count). The highest BCUT2D eigenvalue weighted by Gasteiger charge is 2.55. The van der Waals surface area contributed by atoms with Crippen molar-refractivity contribution in [2.45, 2.75) is 57.6 Å². The summed E-state index contributed by atoms with van der Waals surface area (Å²) in [5, 5.41) is 3.79. The van der Waals surface area contributed by atoms with Gasteiger partial charge in [0.05, 0.1) is 6.10 Å². The fraction of sp³-hybridized carbons (Fsp3) is 0.875. The van der Waals surface area contributed by atoms with Gasteiger partial charge < -0.3 is 10.1 Å². The molecule has 110 valence electrons. The van der Waals surface area contributed by atoms with E-state index in [4.69, 9.17) is 4.74 Å². The Kier molecular flexibility index (Phi) is 6.24. The number of rotatable bonds is 8. The predicted molar refractivity (Wildman–Crippen MR) is 84.9 cm³/mol. The van der Waals surface area contributed by atoms with E-state index in [-0.39, 0.29) is 0 Å². The molecule has 0 radical (unpaired) electrons. The molecule has 0 aliphatic heterocycles. The van der Waals surface area contributed by atoms with Gasteiger partial charge in [0.15, 0.2) is 0 Å². The lowest BCUT2D eigenvalue weighted by Gasteiger charge is -2.58. The number of hydrogen-bond donors (Lipinski definition) is 1. The molecular formula is C16H29NOS. The zero-order valence-electron chi connectivity index (χ0n) is 12.3. The first kappa shape index (κ1) is 15.4. The van der Waals surface area contributed by atoms with E-state index in [1.165, 1.54) is 44.3 Å². The van der Waals surface area contributed by atoms with E-state index in [1.54, 1.807) is 0 Å². The van der Waals surface area contributed by atoms with E-state index in [9.17, 15) is 0 Å². The quantitative estimate of drug-likeness (QED) is 0.543. The SMILES string of the molecule is C=CCSCCNC1CC(OCC)C12CCCCC2. The number of nitrogens with one attached hydrogen (secondary N) is 1. The van der Waals surface area contributed by atoms with Crippen molar-refractivity contribution in [3.63, 3.8) is 0 Å². The zero-order valence-corrected chi connectivity index (χ0v) is 13.1. The Morgan fingerprint density at radius 3 is 2.84 bits per heavy atom. The molecule has 3 heteroatoms. The minimum atomic E-state index is 0.470. The van der Waals surface area contributed by atoms with Gasteiger partial charge in [0, 0.05) is 36.1 Å². The standard InChI is InChI=1S/C16H29NOS/c1-3-11-19-12-10-17-14-13-15(18-4-2)16(14)8-6-5-7-9-16/h3,14-15,17H,1,4-13H2,2H3. The van der Waals surface area contributed by atoms with Crippen molar-refractivity contribution < 1.29 is 4.74 Å². The van der Waals surface area contributed by atoms with Gasteiger partial charge in [0.1, 0.15) is 0 Å². The second kappa shape index (κ2) is 7.70. The van der Waals surface area contributed by atoms with Gasteiger partial charge in [0.25, 0.3) is 0 Å². The topological polar surface area (TPSA) is 21.3 Å². The molecule has 2 fully saturated rings. The van der Waals surface area contributed by atoms with Gasteiger partial charge in [-0.05, 0) is 26.2 Å². The maximum absolute atomic E-state index is 5.99. The molecule has 19 heavy (non-hydrogen) atoms. The van der Waals surface area contributed by atoms with Crippen LogP contribution in [-0.4, -0.2) is 36.8 Å². The maximum Gasteiger partial charge on any atom is 0.0661 e. The van der Waals surface area contributed by atoms with Crippen LogP contribution in [0.2, 0.25) is 0 Å². The normalized spacial score (nSPS) is 29.1. The van der Waals surface area contributed by atoms with Crippen LogP contribution in [0.1, 0.15) is 45.4 Å². The summed E-state index contributed by atoms with van der Waals surface area (Å²) in [4.78, 5) is 0.